The highest BCUT2D eigenvalue weighted by Gasteiger charge is 2.26. The van der Waals surface area contributed by atoms with E-state index in [2.05, 4.69) is 5.10 Å². The van der Waals surface area contributed by atoms with Crippen molar-refractivity contribution in [3.63, 3.8) is 0 Å². The molecule has 1 aromatic carbocycles. The lowest BCUT2D eigenvalue weighted by molar-refractivity contribution is 0.0803. The third-order valence-electron chi connectivity index (χ3n) is 4.65. The van der Waals surface area contributed by atoms with E-state index in [9.17, 15) is 5.11 Å². The molecule has 1 saturated carbocycles. The Morgan fingerprint density at radius 3 is 2.50 bits per heavy atom. The highest BCUT2D eigenvalue weighted by atomic mass is 16.5. The van der Waals surface area contributed by atoms with Crippen molar-refractivity contribution in [2.45, 2.75) is 45.1 Å². The van der Waals surface area contributed by atoms with Gasteiger partial charge in [-0.3, -0.25) is 0 Å². The molecular formula is C18H24N2O2. The van der Waals surface area contributed by atoms with Gasteiger partial charge in [0.05, 0.1) is 18.5 Å². The van der Waals surface area contributed by atoms with Gasteiger partial charge in [0.15, 0.2) is 0 Å². The Morgan fingerprint density at radius 1 is 1.18 bits per heavy atom. The van der Waals surface area contributed by atoms with Gasteiger partial charge in [0, 0.05) is 6.20 Å². The molecule has 1 aliphatic rings. The third kappa shape index (κ3) is 3.02. The van der Waals surface area contributed by atoms with Crippen LogP contribution in [0.4, 0.5) is 0 Å². The first-order chi connectivity index (χ1) is 10.7. The number of hydrogen-bond donors (Lipinski definition) is 1. The van der Waals surface area contributed by atoms with Gasteiger partial charge in [-0.2, -0.15) is 5.10 Å². The summed E-state index contributed by atoms with van der Waals surface area (Å²) in [7, 11) is 1.66. The van der Waals surface area contributed by atoms with E-state index in [0.717, 1.165) is 35.5 Å². The van der Waals surface area contributed by atoms with E-state index in [-0.39, 0.29) is 0 Å². The lowest BCUT2D eigenvalue weighted by atomic mass is 9.83. The maximum absolute atomic E-state index is 10.7. The number of aromatic nitrogens is 2. The predicted molar refractivity (Wildman–Crippen MR) is 86.4 cm³/mol. The van der Waals surface area contributed by atoms with Crippen molar-refractivity contribution in [1.82, 2.24) is 9.78 Å². The van der Waals surface area contributed by atoms with Crippen LogP contribution in [-0.2, 0) is 0 Å². The smallest absolute Gasteiger partial charge is 0.119 e. The minimum Gasteiger partial charge on any atom is -0.497 e. The molecule has 1 aliphatic carbocycles. The maximum Gasteiger partial charge on any atom is 0.119 e. The Balaban J connectivity index is 1.82. The number of ether oxygens (including phenoxy) is 1. The second-order valence-electron chi connectivity index (χ2n) is 6.18. The molecule has 0 saturated heterocycles. The summed E-state index contributed by atoms with van der Waals surface area (Å²) in [4.78, 5) is 0. The van der Waals surface area contributed by atoms with Crippen LogP contribution in [0.2, 0.25) is 0 Å². The summed E-state index contributed by atoms with van der Waals surface area (Å²) < 4.78 is 7.03. The van der Waals surface area contributed by atoms with E-state index >= 15 is 0 Å². The van der Waals surface area contributed by atoms with Gasteiger partial charge in [-0.1, -0.05) is 19.3 Å². The molecule has 0 spiro atoms. The Hall–Kier alpha value is -1.81. The Bertz CT molecular complexity index is 613. The van der Waals surface area contributed by atoms with Gasteiger partial charge in [0.1, 0.15) is 11.9 Å². The first-order valence-corrected chi connectivity index (χ1v) is 8.07. The molecule has 0 bridgehead atoms. The fourth-order valence-corrected chi connectivity index (χ4v) is 3.31. The average molecular weight is 300 g/mol. The van der Waals surface area contributed by atoms with Crippen LogP contribution in [0.1, 0.15) is 49.5 Å². The summed E-state index contributed by atoms with van der Waals surface area (Å²) in [6, 6.07) is 7.79. The topological polar surface area (TPSA) is 47.3 Å². The summed E-state index contributed by atoms with van der Waals surface area (Å²) >= 11 is 0. The predicted octanol–water partition coefficient (Wildman–Crippen LogP) is 3.80. The molecule has 1 atom stereocenters. The van der Waals surface area contributed by atoms with Crippen molar-refractivity contribution in [3.05, 3.63) is 41.7 Å². The highest BCUT2D eigenvalue weighted by molar-refractivity contribution is 5.38. The fraction of sp³-hybridized carbons (Fsp3) is 0.500. The van der Waals surface area contributed by atoms with Crippen LogP contribution in [0.25, 0.3) is 5.69 Å². The van der Waals surface area contributed by atoms with Crippen molar-refractivity contribution < 1.29 is 9.84 Å². The number of hydrogen-bond acceptors (Lipinski definition) is 3. The van der Waals surface area contributed by atoms with Crippen LogP contribution >= 0.6 is 0 Å². The minimum absolute atomic E-state index is 0.353. The van der Waals surface area contributed by atoms with Gasteiger partial charge in [-0.05, 0) is 55.5 Å². The molecule has 1 heterocycles. The standard InChI is InChI=1S/C18H24N2O2/c1-13-12-20(15-8-10-16(22-2)11-9-15)19-17(13)18(21)14-6-4-3-5-7-14/h8-12,14,18,21H,3-7H2,1-2H3. The zero-order valence-corrected chi connectivity index (χ0v) is 13.3. The molecule has 4 heteroatoms. The lowest BCUT2D eigenvalue weighted by Crippen LogP contribution is -2.17. The van der Waals surface area contributed by atoms with Gasteiger partial charge in [-0.15, -0.1) is 0 Å². The Kier molecular flexibility index (Phi) is 4.48. The van der Waals surface area contributed by atoms with Crippen LogP contribution in [0.5, 0.6) is 5.75 Å². The van der Waals surface area contributed by atoms with Crippen LogP contribution in [0.15, 0.2) is 30.5 Å². The molecule has 4 nitrogen and oxygen atoms in total. The van der Waals surface area contributed by atoms with Crippen molar-refractivity contribution in [2.75, 3.05) is 7.11 Å². The maximum atomic E-state index is 10.7. The molecule has 2 aromatic rings. The van der Waals surface area contributed by atoms with Crippen LogP contribution in [0.3, 0.4) is 0 Å². The molecule has 1 unspecified atom stereocenters. The normalized spacial score (nSPS) is 17.4. The largest absolute Gasteiger partial charge is 0.497 e. The van der Waals surface area contributed by atoms with E-state index in [0.29, 0.717) is 5.92 Å². The summed E-state index contributed by atoms with van der Waals surface area (Å²) in [5, 5.41) is 15.3. The third-order valence-corrected chi connectivity index (χ3v) is 4.65. The van der Waals surface area contributed by atoms with Crippen LogP contribution < -0.4 is 4.74 Å². The molecule has 1 aromatic heterocycles. The number of benzene rings is 1. The highest BCUT2D eigenvalue weighted by Crippen LogP contribution is 2.35. The van der Waals surface area contributed by atoms with Gasteiger partial charge >= 0.3 is 0 Å². The second-order valence-corrected chi connectivity index (χ2v) is 6.18. The molecule has 0 aliphatic heterocycles. The van der Waals surface area contributed by atoms with Gasteiger partial charge in [0.25, 0.3) is 0 Å². The number of methoxy groups -OCH3 is 1. The van der Waals surface area contributed by atoms with Crippen molar-refractivity contribution in [1.29, 1.82) is 0 Å². The van der Waals surface area contributed by atoms with Crippen molar-refractivity contribution in [2.24, 2.45) is 5.92 Å². The number of nitrogens with zero attached hydrogens (tertiary/aromatic N) is 2. The van der Waals surface area contributed by atoms with E-state index < -0.39 is 6.10 Å². The molecule has 1 N–H and O–H groups in total. The van der Waals surface area contributed by atoms with Crippen molar-refractivity contribution >= 4 is 0 Å². The number of aliphatic hydroxyl groups excluding tert-OH is 1. The van der Waals surface area contributed by atoms with E-state index in [4.69, 9.17) is 4.74 Å². The van der Waals surface area contributed by atoms with E-state index in [1.165, 1.54) is 19.3 Å². The lowest BCUT2D eigenvalue weighted by Gasteiger charge is -2.25. The quantitative estimate of drug-likeness (QED) is 0.934. The SMILES string of the molecule is COc1ccc(-n2cc(C)c(C(O)C3CCCCC3)n2)cc1. The summed E-state index contributed by atoms with van der Waals surface area (Å²) in [6.45, 7) is 2.02. The van der Waals surface area contributed by atoms with Crippen LogP contribution in [-0.4, -0.2) is 22.0 Å². The molecule has 1 fully saturated rings. The zero-order chi connectivity index (χ0) is 15.5. The summed E-state index contributed by atoms with van der Waals surface area (Å²) in [5.74, 6) is 1.18. The minimum atomic E-state index is -0.445. The van der Waals surface area contributed by atoms with Crippen LogP contribution in [0, 0.1) is 12.8 Å². The van der Waals surface area contributed by atoms with E-state index in [1.54, 1.807) is 7.11 Å². The fourth-order valence-electron chi connectivity index (χ4n) is 3.31. The molecule has 22 heavy (non-hydrogen) atoms. The Morgan fingerprint density at radius 2 is 1.86 bits per heavy atom. The molecule has 0 amide bonds. The molecule has 3 rings (SSSR count). The van der Waals surface area contributed by atoms with E-state index in [1.807, 2.05) is 42.1 Å². The zero-order valence-electron chi connectivity index (χ0n) is 13.3. The molecule has 118 valence electrons. The number of aryl methyl sites for hydroxylation is 1. The Labute approximate surface area is 131 Å². The average Bonchev–Trinajstić information content (AvgIpc) is 2.97. The van der Waals surface area contributed by atoms with Gasteiger partial charge in [0.2, 0.25) is 0 Å². The first kappa shape index (κ1) is 15.1. The second kappa shape index (κ2) is 6.53. The summed E-state index contributed by atoms with van der Waals surface area (Å²) in [6.07, 6.45) is 7.50. The summed E-state index contributed by atoms with van der Waals surface area (Å²) in [5.41, 5.74) is 2.85. The van der Waals surface area contributed by atoms with Gasteiger partial charge < -0.3 is 9.84 Å². The monoisotopic (exact) mass is 300 g/mol. The number of rotatable bonds is 4. The first-order valence-electron chi connectivity index (χ1n) is 8.07. The van der Waals surface area contributed by atoms with Gasteiger partial charge in [-0.25, -0.2) is 4.68 Å². The number of aliphatic hydroxyl groups is 1. The molecule has 0 radical (unpaired) electrons. The molecular weight excluding hydrogens is 276 g/mol. The van der Waals surface area contributed by atoms with Crippen molar-refractivity contribution in [3.8, 4) is 11.4 Å².